The predicted octanol–water partition coefficient (Wildman–Crippen LogP) is -0.0849. The van der Waals surface area contributed by atoms with Crippen molar-refractivity contribution in [2.75, 3.05) is 13.3 Å². The summed E-state index contributed by atoms with van der Waals surface area (Å²) < 4.78 is 4.86. The highest BCUT2D eigenvalue weighted by atomic mass is 16.5. The first-order valence-corrected chi connectivity index (χ1v) is 2.88. The minimum atomic E-state index is -0.845. The molecule has 1 rings (SSSR count). The van der Waals surface area contributed by atoms with E-state index in [0.29, 0.717) is 6.29 Å². The van der Waals surface area contributed by atoms with E-state index in [9.17, 15) is 9.70 Å². The number of carbonyl (C=O) groups is 1. The van der Waals surface area contributed by atoms with E-state index in [1.54, 1.807) is 6.92 Å². The second kappa shape index (κ2) is 2.34. The molecule has 10 heavy (non-hydrogen) atoms. The van der Waals surface area contributed by atoms with Gasteiger partial charge in [-0.1, -0.05) is 0 Å². The third kappa shape index (κ3) is 0.881. The first kappa shape index (κ1) is 7.14. The molecule has 1 saturated heterocycles. The van der Waals surface area contributed by atoms with Gasteiger partial charge >= 0.3 is 0 Å². The molecule has 56 valence electrons. The highest BCUT2D eigenvalue weighted by molar-refractivity contribution is 5.64. The highest BCUT2D eigenvalue weighted by Crippen LogP contribution is 2.19. The number of nitroso groups, excluding NO2 is 1. The molecule has 1 aliphatic rings. The van der Waals surface area contributed by atoms with Crippen LogP contribution in [0.25, 0.3) is 0 Å². The van der Waals surface area contributed by atoms with Crippen molar-refractivity contribution >= 4 is 6.29 Å². The van der Waals surface area contributed by atoms with Crippen molar-refractivity contribution in [1.82, 2.24) is 5.01 Å². The maximum atomic E-state index is 10.4. The van der Waals surface area contributed by atoms with Gasteiger partial charge in [-0.05, 0) is 6.92 Å². The van der Waals surface area contributed by atoms with Crippen LogP contribution < -0.4 is 0 Å². The molecule has 0 radical (unpaired) electrons. The van der Waals surface area contributed by atoms with E-state index in [0.717, 1.165) is 5.01 Å². The highest BCUT2D eigenvalue weighted by Gasteiger charge is 2.38. The number of hydrogen-bond donors (Lipinski definition) is 0. The molecule has 0 spiro atoms. The van der Waals surface area contributed by atoms with Crippen molar-refractivity contribution in [3.63, 3.8) is 0 Å². The summed E-state index contributed by atoms with van der Waals surface area (Å²) in [4.78, 5) is 20.4. The summed E-state index contributed by atoms with van der Waals surface area (Å²) in [5, 5.41) is 3.72. The topological polar surface area (TPSA) is 59.0 Å². The van der Waals surface area contributed by atoms with Crippen molar-refractivity contribution in [3.05, 3.63) is 4.91 Å². The van der Waals surface area contributed by atoms with E-state index in [1.165, 1.54) is 0 Å². The van der Waals surface area contributed by atoms with Gasteiger partial charge in [0.05, 0.1) is 11.9 Å². The lowest BCUT2D eigenvalue weighted by atomic mass is 10.1. The van der Waals surface area contributed by atoms with Crippen LogP contribution in [0.4, 0.5) is 0 Å². The lowest BCUT2D eigenvalue weighted by Gasteiger charge is -2.19. The third-order valence-electron chi connectivity index (χ3n) is 1.55. The summed E-state index contributed by atoms with van der Waals surface area (Å²) in [6.45, 7) is 1.95. The first-order valence-electron chi connectivity index (χ1n) is 2.88. The average Bonchev–Trinajstić information content (AvgIpc) is 2.32. The number of hydrogen-bond acceptors (Lipinski definition) is 4. The zero-order chi connectivity index (χ0) is 7.61. The zero-order valence-electron chi connectivity index (χ0n) is 5.61. The summed E-state index contributed by atoms with van der Waals surface area (Å²) in [7, 11) is 0. The Balaban J connectivity index is 2.74. The Labute approximate surface area is 57.9 Å². The van der Waals surface area contributed by atoms with Crippen LogP contribution in [0.3, 0.4) is 0 Å². The van der Waals surface area contributed by atoms with E-state index in [2.05, 4.69) is 5.29 Å². The Bertz CT molecular complexity index is 161. The molecule has 0 bridgehead atoms. The lowest BCUT2D eigenvalue weighted by Crippen LogP contribution is -2.40. The Morgan fingerprint density at radius 2 is 2.50 bits per heavy atom. The lowest BCUT2D eigenvalue weighted by molar-refractivity contribution is -0.115. The number of ether oxygens (including phenoxy) is 1. The maximum Gasteiger partial charge on any atom is 0.149 e. The molecule has 0 aromatic carbocycles. The molecule has 1 atom stereocenters. The molecule has 5 heteroatoms. The molecule has 5 nitrogen and oxygen atoms in total. The minimum absolute atomic E-state index is 0.110. The van der Waals surface area contributed by atoms with Gasteiger partial charge in [-0.2, -0.15) is 0 Å². The van der Waals surface area contributed by atoms with Gasteiger partial charge in [-0.15, -0.1) is 4.91 Å². The maximum absolute atomic E-state index is 10.4. The van der Waals surface area contributed by atoms with Crippen LogP contribution in [-0.2, 0) is 9.53 Å². The number of carbonyl (C=O) groups excluding carboxylic acids is 1. The van der Waals surface area contributed by atoms with Crippen molar-refractivity contribution in [2.45, 2.75) is 12.5 Å². The van der Waals surface area contributed by atoms with Gasteiger partial charge in [0.15, 0.2) is 0 Å². The summed E-state index contributed by atoms with van der Waals surface area (Å²) in [6, 6.07) is 0. The molecular formula is C5H8N2O3. The van der Waals surface area contributed by atoms with Gasteiger partial charge in [0, 0.05) is 0 Å². The van der Waals surface area contributed by atoms with Crippen LogP contribution in [-0.4, -0.2) is 30.2 Å². The Morgan fingerprint density at radius 1 is 1.80 bits per heavy atom. The summed E-state index contributed by atoms with van der Waals surface area (Å²) >= 11 is 0. The standard InChI is InChI=1S/C5H8N2O3/c1-5(2-8)3-10-4-7(5)6-9/h2H,3-4H2,1H3. The molecular weight excluding hydrogens is 136 g/mol. The molecule has 0 saturated carbocycles. The van der Waals surface area contributed by atoms with Gasteiger partial charge in [-0.3, -0.25) is 0 Å². The fourth-order valence-corrected chi connectivity index (χ4v) is 0.772. The quantitative estimate of drug-likeness (QED) is 0.401. The van der Waals surface area contributed by atoms with Crippen LogP contribution in [0.2, 0.25) is 0 Å². The summed E-state index contributed by atoms with van der Waals surface area (Å²) in [5.74, 6) is 0. The molecule has 1 unspecified atom stereocenters. The van der Waals surface area contributed by atoms with Gasteiger partial charge in [0.25, 0.3) is 0 Å². The van der Waals surface area contributed by atoms with Gasteiger partial charge in [-0.25, -0.2) is 5.01 Å². The van der Waals surface area contributed by atoms with Crippen LogP contribution in [0.15, 0.2) is 5.29 Å². The number of nitrogens with zero attached hydrogens (tertiary/aromatic N) is 2. The monoisotopic (exact) mass is 144 g/mol. The molecule has 0 amide bonds. The summed E-state index contributed by atoms with van der Waals surface area (Å²) in [6.07, 6.45) is 0.668. The van der Waals surface area contributed by atoms with Crippen LogP contribution in [0, 0.1) is 4.91 Å². The Kier molecular flexibility index (Phi) is 1.67. The van der Waals surface area contributed by atoms with E-state index >= 15 is 0 Å². The first-order chi connectivity index (χ1) is 4.73. The fourth-order valence-electron chi connectivity index (χ4n) is 0.772. The van der Waals surface area contributed by atoms with Crippen molar-refractivity contribution in [3.8, 4) is 0 Å². The second-order valence-electron chi connectivity index (χ2n) is 2.43. The molecule has 1 heterocycles. The van der Waals surface area contributed by atoms with E-state index in [1.807, 2.05) is 0 Å². The Morgan fingerprint density at radius 3 is 2.90 bits per heavy atom. The second-order valence-corrected chi connectivity index (χ2v) is 2.43. The van der Waals surface area contributed by atoms with Crippen molar-refractivity contribution < 1.29 is 9.53 Å². The van der Waals surface area contributed by atoms with Gasteiger partial charge in [0.1, 0.15) is 18.6 Å². The minimum Gasteiger partial charge on any atom is -0.356 e. The number of rotatable bonds is 2. The molecule has 1 aliphatic heterocycles. The largest absolute Gasteiger partial charge is 0.356 e. The molecule has 0 N–H and O–H groups in total. The normalized spacial score (nSPS) is 32.3. The van der Waals surface area contributed by atoms with Gasteiger partial charge in [0.2, 0.25) is 0 Å². The van der Waals surface area contributed by atoms with Gasteiger partial charge < -0.3 is 9.53 Å². The predicted molar refractivity (Wildman–Crippen MR) is 32.9 cm³/mol. The molecule has 0 aromatic rings. The zero-order valence-corrected chi connectivity index (χ0v) is 5.61. The van der Waals surface area contributed by atoms with E-state index in [4.69, 9.17) is 4.74 Å². The third-order valence-corrected chi connectivity index (χ3v) is 1.55. The molecule has 0 aliphatic carbocycles. The van der Waals surface area contributed by atoms with E-state index < -0.39 is 5.54 Å². The molecule has 0 aromatic heterocycles. The summed E-state index contributed by atoms with van der Waals surface area (Å²) in [5.41, 5.74) is -0.845. The van der Waals surface area contributed by atoms with Crippen molar-refractivity contribution in [1.29, 1.82) is 0 Å². The molecule has 1 fully saturated rings. The SMILES string of the molecule is CC1(C=O)COCN1N=O. The van der Waals surface area contributed by atoms with Crippen LogP contribution in [0.5, 0.6) is 0 Å². The van der Waals surface area contributed by atoms with Crippen LogP contribution >= 0.6 is 0 Å². The average molecular weight is 144 g/mol. The van der Waals surface area contributed by atoms with Crippen LogP contribution in [0.1, 0.15) is 6.92 Å². The van der Waals surface area contributed by atoms with Crippen molar-refractivity contribution in [2.24, 2.45) is 5.29 Å². The smallest absolute Gasteiger partial charge is 0.149 e. The Hall–Kier alpha value is -0.970. The fraction of sp³-hybridized carbons (Fsp3) is 0.800. The van der Waals surface area contributed by atoms with E-state index in [-0.39, 0.29) is 13.3 Å². The number of aldehydes is 1.